The summed E-state index contributed by atoms with van der Waals surface area (Å²) in [6, 6.07) is 5.27. The maximum atomic E-state index is 12.1. The predicted molar refractivity (Wildman–Crippen MR) is 134 cm³/mol. The Bertz CT molecular complexity index is 748. The molecule has 184 valence electrons. The van der Waals surface area contributed by atoms with Crippen LogP contribution in [0.5, 0.6) is 11.5 Å². The van der Waals surface area contributed by atoms with Crippen LogP contribution >= 0.6 is 0 Å². The smallest absolute Gasteiger partial charge is 0.308 e. The van der Waals surface area contributed by atoms with Gasteiger partial charge in [-0.25, -0.2) is 0 Å². The van der Waals surface area contributed by atoms with Crippen molar-refractivity contribution in [2.45, 2.75) is 110 Å². The number of amides is 1. The van der Waals surface area contributed by atoms with Crippen LogP contribution in [0.25, 0.3) is 0 Å². The number of carbonyl (C=O) groups is 2. The van der Waals surface area contributed by atoms with Crippen LogP contribution in [-0.4, -0.2) is 19.0 Å². The molecule has 0 saturated carbocycles. The van der Waals surface area contributed by atoms with Gasteiger partial charge in [0.15, 0.2) is 11.5 Å². The Morgan fingerprint density at radius 3 is 2.06 bits per heavy atom. The van der Waals surface area contributed by atoms with E-state index in [0.29, 0.717) is 24.5 Å². The number of hydrogen-bond donors (Lipinski definition) is 1. The Morgan fingerprint density at radius 2 is 1.45 bits per heavy atom. The van der Waals surface area contributed by atoms with Crippen molar-refractivity contribution in [3.8, 4) is 23.3 Å². The van der Waals surface area contributed by atoms with Crippen LogP contribution in [0.2, 0.25) is 0 Å². The topological polar surface area (TPSA) is 64.6 Å². The molecule has 0 aliphatic heterocycles. The standard InChI is InChI=1S/C28H43NO4/c1-4-5-6-7-8-9-10-11-12-13-14-15-16-17-18-19-28(31)29-23-25-20-21-26(33-24(2)30)27(22-25)32-3/h20-22H,4-10,13-19,23H2,1-3H3,(H,29,31). The highest BCUT2D eigenvalue weighted by molar-refractivity contribution is 5.75. The third-order valence-electron chi connectivity index (χ3n) is 5.46. The van der Waals surface area contributed by atoms with Crippen molar-refractivity contribution in [1.29, 1.82) is 0 Å². The second kappa shape index (κ2) is 19.0. The molecule has 5 heteroatoms. The Hall–Kier alpha value is -2.48. The van der Waals surface area contributed by atoms with E-state index in [2.05, 4.69) is 24.1 Å². The zero-order valence-corrected chi connectivity index (χ0v) is 21.0. The van der Waals surface area contributed by atoms with Crippen LogP contribution in [-0.2, 0) is 16.1 Å². The first kappa shape index (κ1) is 28.6. The molecule has 0 atom stereocenters. The Morgan fingerprint density at radius 1 is 0.848 bits per heavy atom. The summed E-state index contributed by atoms with van der Waals surface area (Å²) in [7, 11) is 1.52. The quantitative estimate of drug-likeness (QED) is 0.122. The van der Waals surface area contributed by atoms with E-state index in [1.807, 2.05) is 6.07 Å². The molecule has 1 N–H and O–H groups in total. The molecule has 0 fully saturated rings. The van der Waals surface area contributed by atoms with Gasteiger partial charge in [-0.1, -0.05) is 64.4 Å². The number of unbranched alkanes of at least 4 members (excludes halogenated alkanes) is 11. The van der Waals surface area contributed by atoms with E-state index in [1.54, 1.807) is 12.1 Å². The van der Waals surface area contributed by atoms with Crippen LogP contribution in [0.4, 0.5) is 0 Å². The fourth-order valence-corrected chi connectivity index (χ4v) is 3.55. The average molecular weight is 458 g/mol. The molecule has 1 aromatic carbocycles. The van der Waals surface area contributed by atoms with Gasteiger partial charge in [0.25, 0.3) is 0 Å². The van der Waals surface area contributed by atoms with Crippen molar-refractivity contribution in [3.05, 3.63) is 23.8 Å². The highest BCUT2D eigenvalue weighted by Crippen LogP contribution is 2.28. The molecule has 0 spiro atoms. The van der Waals surface area contributed by atoms with Crippen LogP contribution in [0, 0.1) is 11.8 Å². The number of carbonyl (C=O) groups excluding carboxylic acids is 2. The molecule has 0 saturated heterocycles. The summed E-state index contributed by atoms with van der Waals surface area (Å²) in [5.41, 5.74) is 0.897. The SMILES string of the molecule is CCCCCCCCC#CCCCCCCCC(=O)NCc1ccc(OC(C)=O)c(OC)c1. The van der Waals surface area contributed by atoms with Crippen molar-refractivity contribution in [2.24, 2.45) is 0 Å². The second-order valence-electron chi connectivity index (χ2n) is 8.49. The van der Waals surface area contributed by atoms with Gasteiger partial charge in [0.1, 0.15) is 0 Å². The molecule has 0 bridgehead atoms. The Kier molecular flexibility index (Phi) is 16.5. The van der Waals surface area contributed by atoms with E-state index in [9.17, 15) is 9.59 Å². The summed E-state index contributed by atoms with van der Waals surface area (Å²) in [5.74, 6) is 7.12. The van der Waals surface area contributed by atoms with Gasteiger partial charge in [-0.2, -0.15) is 0 Å². The maximum absolute atomic E-state index is 12.1. The van der Waals surface area contributed by atoms with Gasteiger partial charge in [-0.15, -0.1) is 11.8 Å². The van der Waals surface area contributed by atoms with E-state index in [1.165, 1.54) is 59.0 Å². The lowest BCUT2D eigenvalue weighted by Crippen LogP contribution is -2.22. The first-order valence-corrected chi connectivity index (χ1v) is 12.6. The minimum absolute atomic E-state index is 0.0543. The number of benzene rings is 1. The highest BCUT2D eigenvalue weighted by Gasteiger charge is 2.09. The van der Waals surface area contributed by atoms with Gasteiger partial charge in [-0.05, 0) is 37.0 Å². The minimum Gasteiger partial charge on any atom is -0.493 e. The van der Waals surface area contributed by atoms with Crippen LogP contribution in [0.15, 0.2) is 18.2 Å². The third-order valence-corrected chi connectivity index (χ3v) is 5.46. The molecule has 0 aliphatic rings. The molecule has 33 heavy (non-hydrogen) atoms. The molecule has 5 nitrogen and oxygen atoms in total. The van der Waals surface area contributed by atoms with Gasteiger partial charge < -0.3 is 14.8 Å². The average Bonchev–Trinajstić information content (AvgIpc) is 2.80. The van der Waals surface area contributed by atoms with Crippen LogP contribution in [0.3, 0.4) is 0 Å². The molecule has 1 aromatic rings. The second-order valence-corrected chi connectivity index (χ2v) is 8.49. The first-order valence-electron chi connectivity index (χ1n) is 12.6. The summed E-state index contributed by atoms with van der Waals surface area (Å²) < 4.78 is 10.4. The molecular formula is C28H43NO4. The van der Waals surface area contributed by atoms with Gasteiger partial charge >= 0.3 is 5.97 Å². The van der Waals surface area contributed by atoms with E-state index in [0.717, 1.165) is 44.1 Å². The Balaban J connectivity index is 2.04. The lowest BCUT2D eigenvalue weighted by molar-refractivity contribution is -0.132. The summed E-state index contributed by atoms with van der Waals surface area (Å²) in [6.45, 7) is 4.02. The summed E-state index contributed by atoms with van der Waals surface area (Å²) in [4.78, 5) is 23.2. The van der Waals surface area contributed by atoms with Crippen molar-refractivity contribution >= 4 is 11.9 Å². The largest absolute Gasteiger partial charge is 0.493 e. The molecule has 0 radical (unpaired) electrons. The van der Waals surface area contributed by atoms with E-state index in [4.69, 9.17) is 9.47 Å². The summed E-state index contributed by atoms with van der Waals surface area (Å²) in [5, 5.41) is 2.94. The fourth-order valence-electron chi connectivity index (χ4n) is 3.55. The molecule has 0 aromatic heterocycles. The van der Waals surface area contributed by atoms with Crippen LogP contribution < -0.4 is 14.8 Å². The third kappa shape index (κ3) is 15.1. The van der Waals surface area contributed by atoms with E-state index < -0.39 is 5.97 Å². The van der Waals surface area contributed by atoms with Gasteiger partial charge in [-0.3, -0.25) is 9.59 Å². The van der Waals surface area contributed by atoms with Crippen LogP contribution in [0.1, 0.15) is 109 Å². The molecule has 1 amide bonds. The molecular weight excluding hydrogens is 414 g/mol. The number of esters is 1. The maximum Gasteiger partial charge on any atom is 0.308 e. The highest BCUT2D eigenvalue weighted by atomic mass is 16.6. The zero-order chi connectivity index (χ0) is 24.2. The summed E-state index contributed by atoms with van der Waals surface area (Å²) in [6.07, 6.45) is 16.0. The number of hydrogen-bond acceptors (Lipinski definition) is 4. The van der Waals surface area contributed by atoms with E-state index in [-0.39, 0.29) is 5.91 Å². The minimum atomic E-state index is -0.397. The normalized spacial score (nSPS) is 10.3. The van der Waals surface area contributed by atoms with E-state index >= 15 is 0 Å². The number of ether oxygens (including phenoxy) is 2. The van der Waals surface area contributed by atoms with Crippen molar-refractivity contribution in [1.82, 2.24) is 5.32 Å². The lowest BCUT2D eigenvalue weighted by atomic mass is 10.1. The molecule has 0 unspecified atom stereocenters. The monoisotopic (exact) mass is 457 g/mol. The van der Waals surface area contributed by atoms with Gasteiger partial charge in [0.05, 0.1) is 7.11 Å². The summed E-state index contributed by atoms with van der Waals surface area (Å²) >= 11 is 0. The van der Waals surface area contributed by atoms with Crippen molar-refractivity contribution in [2.75, 3.05) is 7.11 Å². The van der Waals surface area contributed by atoms with Gasteiger partial charge in [0.2, 0.25) is 5.91 Å². The fraction of sp³-hybridized carbons (Fsp3) is 0.643. The van der Waals surface area contributed by atoms with Gasteiger partial charge in [0, 0.05) is 32.7 Å². The molecule has 0 heterocycles. The number of methoxy groups -OCH3 is 1. The Labute approximate surface area is 201 Å². The molecule has 1 rings (SSSR count). The number of rotatable bonds is 17. The molecule has 0 aliphatic carbocycles. The number of nitrogens with one attached hydrogen (secondary N) is 1. The lowest BCUT2D eigenvalue weighted by Gasteiger charge is -2.11. The zero-order valence-electron chi connectivity index (χ0n) is 21.0. The first-order chi connectivity index (χ1) is 16.1. The van der Waals surface area contributed by atoms with Crippen molar-refractivity contribution in [3.63, 3.8) is 0 Å². The van der Waals surface area contributed by atoms with Crippen molar-refractivity contribution < 1.29 is 19.1 Å². The predicted octanol–water partition coefficient (Wildman–Crippen LogP) is 6.72.